The van der Waals surface area contributed by atoms with E-state index in [0.29, 0.717) is 24.3 Å². The Hall–Kier alpha value is -5.08. The monoisotopic (exact) mass is 696 g/mol. The summed E-state index contributed by atoms with van der Waals surface area (Å²) in [5.74, 6) is -2.85. The number of carbonyl (C=O) groups is 4. The van der Waals surface area contributed by atoms with Gasteiger partial charge in [0.15, 0.2) is 0 Å². The van der Waals surface area contributed by atoms with Crippen LogP contribution in [-0.4, -0.2) is 95.8 Å². The molecule has 6 rings (SSSR count). The number of carboxylic acids is 4. The van der Waals surface area contributed by atoms with Crippen molar-refractivity contribution in [2.24, 2.45) is 11.5 Å². The van der Waals surface area contributed by atoms with Gasteiger partial charge in [0.05, 0.1) is 13.2 Å². The summed E-state index contributed by atoms with van der Waals surface area (Å²) in [4.78, 5) is 43.1. The van der Waals surface area contributed by atoms with Crippen molar-refractivity contribution in [1.82, 2.24) is 0 Å². The van der Waals surface area contributed by atoms with Crippen LogP contribution in [0.1, 0.15) is 48.9 Å². The van der Waals surface area contributed by atoms with Gasteiger partial charge in [0, 0.05) is 85.1 Å². The maximum absolute atomic E-state index is 9.55. The molecular formula is C36H48N4O10. The van der Waals surface area contributed by atoms with E-state index in [1.165, 1.54) is 33.6 Å². The van der Waals surface area contributed by atoms with E-state index < -0.39 is 23.9 Å². The van der Waals surface area contributed by atoms with Gasteiger partial charge >= 0.3 is 23.9 Å². The number of aliphatic carboxylic acids is 4. The summed E-state index contributed by atoms with van der Waals surface area (Å²) < 4.78 is 11.5. The highest BCUT2D eigenvalue weighted by atomic mass is 16.5. The quantitative estimate of drug-likeness (QED) is 0.218. The highest BCUT2D eigenvalue weighted by Gasteiger charge is 2.28. The molecule has 0 spiro atoms. The van der Waals surface area contributed by atoms with Crippen LogP contribution in [0.2, 0.25) is 0 Å². The molecule has 0 amide bonds. The molecule has 8 N–H and O–H groups in total. The van der Waals surface area contributed by atoms with Crippen LogP contribution in [0.4, 0.5) is 11.4 Å². The minimum atomic E-state index is -1.26. The van der Waals surface area contributed by atoms with Crippen LogP contribution < -0.4 is 30.7 Å². The molecule has 4 heterocycles. The minimum Gasteiger partial charge on any atom is -0.493 e. The summed E-state index contributed by atoms with van der Waals surface area (Å²) >= 11 is 0. The molecule has 14 nitrogen and oxygen atoms in total. The molecule has 2 atom stereocenters. The van der Waals surface area contributed by atoms with Crippen molar-refractivity contribution < 1.29 is 49.1 Å². The molecule has 0 bridgehead atoms. The van der Waals surface area contributed by atoms with Gasteiger partial charge in [-0.3, -0.25) is 0 Å². The molecule has 0 unspecified atom stereocenters. The van der Waals surface area contributed by atoms with Crippen LogP contribution in [0, 0.1) is 0 Å². The molecule has 272 valence electrons. The van der Waals surface area contributed by atoms with Gasteiger partial charge in [-0.1, -0.05) is 12.1 Å². The fourth-order valence-electron chi connectivity index (χ4n) is 6.22. The summed E-state index contributed by atoms with van der Waals surface area (Å²) in [6.45, 7) is 9.97. The molecule has 4 aliphatic rings. The summed E-state index contributed by atoms with van der Waals surface area (Å²) in [7, 11) is 0. The smallest absolute Gasteiger partial charge is 0.328 e. The summed E-state index contributed by atoms with van der Waals surface area (Å²) in [5, 5.41) is 31.2. The number of carboxylic acid groups (broad SMARTS) is 4. The lowest BCUT2D eigenvalue weighted by Gasteiger charge is -2.27. The third-order valence-corrected chi connectivity index (χ3v) is 7.99. The van der Waals surface area contributed by atoms with Gasteiger partial charge in [0.25, 0.3) is 0 Å². The SMILES string of the molecule is C[C@H](N)CN1CCc2ccc3c(c21)CCCO3.C[C@H](N)CN1CCc2ccc3c(c21)CCCO3.O=C(O)/C=C/C(=O)O.O=C(O)/C=C/C(=O)O. The van der Waals surface area contributed by atoms with E-state index in [4.69, 9.17) is 41.4 Å². The van der Waals surface area contributed by atoms with E-state index in [9.17, 15) is 19.2 Å². The van der Waals surface area contributed by atoms with Crippen LogP contribution in [0.15, 0.2) is 48.6 Å². The number of benzene rings is 2. The van der Waals surface area contributed by atoms with Crippen molar-refractivity contribution in [3.8, 4) is 11.5 Å². The second-order valence-corrected chi connectivity index (χ2v) is 12.4. The van der Waals surface area contributed by atoms with E-state index >= 15 is 0 Å². The van der Waals surface area contributed by atoms with Gasteiger partial charge in [-0.2, -0.15) is 0 Å². The number of nitrogens with zero attached hydrogens (tertiary/aromatic N) is 2. The Labute approximate surface area is 291 Å². The lowest BCUT2D eigenvalue weighted by Crippen LogP contribution is -2.35. The lowest BCUT2D eigenvalue weighted by molar-refractivity contribution is -0.134. The van der Waals surface area contributed by atoms with Gasteiger partial charge in [-0.15, -0.1) is 0 Å². The van der Waals surface area contributed by atoms with E-state index in [2.05, 4.69) is 47.9 Å². The zero-order valence-electron chi connectivity index (χ0n) is 28.5. The maximum Gasteiger partial charge on any atom is 0.328 e. The topological polar surface area (TPSA) is 226 Å². The van der Waals surface area contributed by atoms with E-state index in [1.807, 2.05) is 0 Å². The van der Waals surface area contributed by atoms with Crippen molar-refractivity contribution in [3.05, 3.63) is 70.8 Å². The Morgan fingerprint density at radius 2 is 0.980 bits per heavy atom. The molecule has 0 radical (unpaired) electrons. The van der Waals surface area contributed by atoms with Gasteiger partial charge in [-0.05, 0) is 75.6 Å². The van der Waals surface area contributed by atoms with Crippen LogP contribution in [0.5, 0.6) is 11.5 Å². The second kappa shape index (κ2) is 19.2. The number of rotatable bonds is 8. The average molecular weight is 697 g/mol. The molecule has 2 aromatic carbocycles. The van der Waals surface area contributed by atoms with Gasteiger partial charge < -0.3 is 51.2 Å². The number of fused-ring (bicyclic) bond motifs is 6. The Kier molecular flexibility index (Phi) is 15.1. The average Bonchev–Trinajstić information content (AvgIpc) is 3.67. The molecule has 0 fully saturated rings. The first-order valence-electron chi connectivity index (χ1n) is 16.6. The Morgan fingerprint density at radius 1 is 0.640 bits per heavy atom. The van der Waals surface area contributed by atoms with Gasteiger partial charge in [0.1, 0.15) is 11.5 Å². The fraction of sp³-hybridized carbons (Fsp3) is 0.444. The molecule has 0 aliphatic carbocycles. The molecule has 0 saturated carbocycles. The molecule has 2 aromatic rings. The third kappa shape index (κ3) is 12.1. The molecule has 50 heavy (non-hydrogen) atoms. The largest absolute Gasteiger partial charge is 0.493 e. The summed E-state index contributed by atoms with van der Waals surface area (Å²) in [6, 6.07) is 9.18. The summed E-state index contributed by atoms with van der Waals surface area (Å²) in [6.07, 6.45) is 9.09. The van der Waals surface area contributed by atoms with Gasteiger partial charge in [-0.25, -0.2) is 19.2 Å². The molecule has 0 saturated heterocycles. The van der Waals surface area contributed by atoms with Crippen molar-refractivity contribution in [3.63, 3.8) is 0 Å². The molecule has 0 aromatic heterocycles. The highest BCUT2D eigenvalue weighted by molar-refractivity contribution is 5.90. The normalized spacial score (nSPS) is 16.3. The zero-order chi connectivity index (χ0) is 36.8. The predicted molar refractivity (Wildman–Crippen MR) is 188 cm³/mol. The van der Waals surface area contributed by atoms with Crippen LogP contribution >= 0.6 is 0 Å². The number of nitrogens with two attached hydrogens (primary N) is 2. The van der Waals surface area contributed by atoms with Crippen LogP contribution in [-0.2, 0) is 44.9 Å². The molecule has 4 aliphatic heterocycles. The first kappa shape index (κ1) is 39.4. The Morgan fingerprint density at radius 3 is 1.28 bits per heavy atom. The van der Waals surface area contributed by atoms with Crippen LogP contribution in [0.3, 0.4) is 0 Å². The van der Waals surface area contributed by atoms with Crippen molar-refractivity contribution in [1.29, 1.82) is 0 Å². The second-order valence-electron chi connectivity index (χ2n) is 12.4. The molecular weight excluding hydrogens is 648 g/mol. The minimum absolute atomic E-state index is 0.223. The Balaban J connectivity index is 0.000000193. The maximum atomic E-state index is 9.55. The first-order valence-corrected chi connectivity index (χ1v) is 16.6. The number of hydrogen-bond acceptors (Lipinski definition) is 10. The van der Waals surface area contributed by atoms with E-state index in [-0.39, 0.29) is 12.1 Å². The molecule has 14 heteroatoms. The zero-order valence-corrected chi connectivity index (χ0v) is 28.5. The number of anilines is 2. The number of ether oxygens (including phenoxy) is 2. The van der Waals surface area contributed by atoms with Crippen molar-refractivity contribution >= 4 is 35.3 Å². The van der Waals surface area contributed by atoms with E-state index in [1.54, 1.807) is 0 Å². The van der Waals surface area contributed by atoms with Crippen molar-refractivity contribution in [2.75, 3.05) is 49.2 Å². The third-order valence-electron chi connectivity index (χ3n) is 7.99. The predicted octanol–water partition coefficient (Wildman–Crippen LogP) is 2.87. The Bertz CT molecular complexity index is 1420. The van der Waals surface area contributed by atoms with Crippen molar-refractivity contribution in [2.45, 2.75) is 64.5 Å². The lowest BCUT2D eigenvalue weighted by atomic mass is 10.0. The van der Waals surface area contributed by atoms with Crippen LogP contribution in [0.25, 0.3) is 0 Å². The fourth-order valence-corrected chi connectivity index (χ4v) is 6.22. The number of hydrogen-bond donors (Lipinski definition) is 6. The van der Waals surface area contributed by atoms with Gasteiger partial charge in [0.2, 0.25) is 0 Å². The van der Waals surface area contributed by atoms with E-state index in [0.717, 1.165) is 89.4 Å². The standard InChI is InChI=1S/2C14H20N2O.2C4H4O4/c2*1-10(15)9-16-7-6-11-4-5-13-12(14(11)16)3-2-8-17-13;2*5-3(6)1-2-4(7)8/h2*4-5,10H,2-3,6-9,15H2,1H3;2*1-2H,(H,5,6)(H,7,8)/b;;2*2-1+/t2*10-;;/m00../s1. The summed E-state index contributed by atoms with van der Waals surface area (Å²) in [5.41, 5.74) is 20.5. The highest BCUT2D eigenvalue weighted by Crippen LogP contribution is 2.41. The first-order chi connectivity index (χ1) is 23.8.